The van der Waals surface area contributed by atoms with Gasteiger partial charge in [-0.05, 0) is 18.9 Å². The van der Waals surface area contributed by atoms with Gasteiger partial charge >= 0.3 is 12.1 Å². The van der Waals surface area contributed by atoms with Gasteiger partial charge in [0.1, 0.15) is 0 Å². The number of aliphatic carboxylic acids is 1. The maximum Gasteiger partial charge on any atom is 0.490 e. The molecule has 0 amide bonds. The molecule has 2 aliphatic heterocycles. The van der Waals surface area contributed by atoms with Crippen molar-refractivity contribution in [2.75, 3.05) is 32.8 Å². The van der Waals surface area contributed by atoms with Crippen molar-refractivity contribution < 1.29 is 40.6 Å². The molecule has 4 rings (SSSR count). The molecule has 1 saturated carbocycles. The van der Waals surface area contributed by atoms with Gasteiger partial charge < -0.3 is 14.3 Å². The summed E-state index contributed by atoms with van der Waals surface area (Å²) in [6.07, 6.45) is -0.0221. The van der Waals surface area contributed by atoms with Crippen molar-refractivity contribution in [3.8, 4) is 0 Å². The first-order valence-corrected chi connectivity index (χ1v) is 10.7. The van der Waals surface area contributed by atoms with E-state index in [0.717, 1.165) is 44.6 Å². The molecular weight excluding hydrogens is 417 g/mol. The number of halogens is 3. The molecular formula is C17H23F3N2O6S. The molecule has 1 aromatic rings. The number of carbonyl (C=O) groups is 1. The molecule has 164 valence electrons. The third-order valence-corrected chi connectivity index (χ3v) is 7.30. The highest BCUT2D eigenvalue weighted by atomic mass is 32.2. The zero-order valence-corrected chi connectivity index (χ0v) is 16.3. The predicted octanol–water partition coefficient (Wildman–Crippen LogP) is 1.44. The van der Waals surface area contributed by atoms with Crippen molar-refractivity contribution in [1.82, 2.24) is 9.62 Å². The van der Waals surface area contributed by atoms with E-state index in [0.29, 0.717) is 19.1 Å². The molecule has 2 N–H and O–H groups in total. The van der Waals surface area contributed by atoms with Crippen LogP contribution in [0.3, 0.4) is 0 Å². The van der Waals surface area contributed by atoms with Gasteiger partial charge in [0.05, 0.1) is 31.0 Å². The first kappa shape index (κ1) is 22.1. The fourth-order valence-corrected chi connectivity index (χ4v) is 5.18. The van der Waals surface area contributed by atoms with E-state index in [-0.39, 0.29) is 10.7 Å². The Morgan fingerprint density at radius 1 is 1.38 bits per heavy atom. The Kier molecular flexibility index (Phi) is 6.27. The molecule has 0 radical (unpaired) electrons. The van der Waals surface area contributed by atoms with Crippen molar-refractivity contribution in [3.63, 3.8) is 0 Å². The number of alkyl halides is 3. The van der Waals surface area contributed by atoms with Crippen LogP contribution in [0.2, 0.25) is 0 Å². The summed E-state index contributed by atoms with van der Waals surface area (Å²) in [6.45, 7) is 4.55. The van der Waals surface area contributed by atoms with Gasteiger partial charge in [0.15, 0.2) is 0 Å². The van der Waals surface area contributed by atoms with Crippen LogP contribution in [0.1, 0.15) is 18.4 Å². The molecule has 0 bridgehead atoms. The van der Waals surface area contributed by atoms with Crippen molar-refractivity contribution >= 4 is 16.0 Å². The Balaban J connectivity index is 0.000000298. The minimum absolute atomic E-state index is 0.0777. The highest BCUT2D eigenvalue weighted by Gasteiger charge is 2.51. The van der Waals surface area contributed by atoms with Crippen molar-refractivity contribution in [2.45, 2.75) is 30.8 Å². The zero-order valence-electron chi connectivity index (χ0n) is 15.5. The Labute approximate surface area is 166 Å². The molecule has 0 aromatic carbocycles. The van der Waals surface area contributed by atoms with E-state index in [2.05, 4.69) is 9.62 Å². The molecule has 1 aromatic heterocycles. The fourth-order valence-electron chi connectivity index (χ4n) is 3.69. The van der Waals surface area contributed by atoms with Gasteiger partial charge in [-0.25, -0.2) is 17.9 Å². The Hall–Kier alpha value is -1.63. The maximum atomic E-state index is 12.1. The number of sulfonamides is 1. The number of likely N-dealkylation sites (tertiary alicyclic amines) is 1. The van der Waals surface area contributed by atoms with E-state index in [4.69, 9.17) is 19.1 Å². The molecule has 0 unspecified atom stereocenters. The minimum atomic E-state index is -5.08. The van der Waals surface area contributed by atoms with E-state index < -0.39 is 22.2 Å². The number of furan rings is 1. The third-order valence-electron chi connectivity index (χ3n) is 5.41. The van der Waals surface area contributed by atoms with Crippen LogP contribution in [0.15, 0.2) is 23.0 Å². The second-order valence-electron chi connectivity index (χ2n) is 7.74. The number of hydrogen-bond donors (Lipinski definition) is 2. The lowest BCUT2D eigenvalue weighted by Crippen LogP contribution is -2.43. The van der Waals surface area contributed by atoms with Crippen LogP contribution in [-0.2, 0) is 26.1 Å². The standard InChI is InChI=1S/C15H22N2O4S.C2HF3O2/c18-22(19,14-1-2-14)16-9-15-10-17(5-12-3-4-20-7-12)6-13(15)8-21-11-15;3-2(4,5)1(6)7/h3-4,7,13-14,16H,1-2,5-6,8-11H2;(H,6,7)/t13-,15+;/m1./s1. The van der Waals surface area contributed by atoms with Crippen molar-refractivity contribution in [1.29, 1.82) is 0 Å². The SMILES string of the molecule is O=C(O)C(F)(F)F.O=S(=O)(NC[C@]12COC[C@H]1CN(Cc1ccoc1)C2)C1CC1. The van der Waals surface area contributed by atoms with E-state index >= 15 is 0 Å². The third kappa shape index (κ3) is 5.50. The summed E-state index contributed by atoms with van der Waals surface area (Å²) in [5.74, 6) is -2.35. The molecule has 2 atom stereocenters. The summed E-state index contributed by atoms with van der Waals surface area (Å²) in [6, 6.07) is 1.98. The summed E-state index contributed by atoms with van der Waals surface area (Å²) >= 11 is 0. The number of carboxylic acid groups (broad SMARTS) is 1. The number of nitrogens with one attached hydrogen (secondary N) is 1. The van der Waals surface area contributed by atoms with Crippen molar-refractivity contribution in [3.05, 3.63) is 24.2 Å². The van der Waals surface area contributed by atoms with Gasteiger partial charge in [-0.1, -0.05) is 0 Å². The molecule has 3 aliphatic rings. The van der Waals surface area contributed by atoms with Gasteiger partial charge in [0, 0.05) is 43.1 Å². The van der Waals surface area contributed by atoms with Gasteiger partial charge in [-0.2, -0.15) is 13.2 Å². The number of hydrogen-bond acceptors (Lipinski definition) is 6. The number of ether oxygens (including phenoxy) is 1. The van der Waals surface area contributed by atoms with Crippen LogP contribution in [0, 0.1) is 11.3 Å². The minimum Gasteiger partial charge on any atom is -0.475 e. The van der Waals surface area contributed by atoms with Gasteiger partial charge in [0.25, 0.3) is 0 Å². The Morgan fingerprint density at radius 2 is 2.07 bits per heavy atom. The molecule has 3 fully saturated rings. The molecule has 3 heterocycles. The summed E-state index contributed by atoms with van der Waals surface area (Å²) in [4.78, 5) is 11.3. The van der Waals surface area contributed by atoms with Crippen LogP contribution >= 0.6 is 0 Å². The van der Waals surface area contributed by atoms with E-state index in [9.17, 15) is 21.6 Å². The smallest absolute Gasteiger partial charge is 0.475 e. The summed E-state index contributed by atoms with van der Waals surface area (Å²) in [5.41, 5.74) is 1.08. The van der Waals surface area contributed by atoms with E-state index in [1.807, 2.05) is 6.07 Å². The highest BCUT2D eigenvalue weighted by molar-refractivity contribution is 7.90. The second-order valence-corrected chi connectivity index (χ2v) is 9.79. The molecule has 2 saturated heterocycles. The van der Waals surface area contributed by atoms with E-state index in [1.165, 1.54) is 0 Å². The van der Waals surface area contributed by atoms with Gasteiger partial charge in [-0.3, -0.25) is 4.90 Å². The van der Waals surface area contributed by atoms with Crippen LogP contribution in [0.5, 0.6) is 0 Å². The summed E-state index contributed by atoms with van der Waals surface area (Å²) < 4.78 is 69.6. The van der Waals surface area contributed by atoms with E-state index in [1.54, 1.807) is 12.5 Å². The fraction of sp³-hybridized carbons (Fsp3) is 0.706. The number of nitrogens with zero attached hydrogens (tertiary/aromatic N) is 1. The van der Waals surface area contributed by atoms with Crippen LogP contribution < -0.4 is 4.72 Å². The number of carboxylic acids is 1. The lowest BCUT2D eigenvalue weighted by molar-refractivity contribution is -0.192. The molecule has 8 nitrogen and oxygen atoms in total. The number of rotatable bonds is 6. The number of fused-ring (bicyclic) bond motifs is 1. The van der Waals surface area contributed by atoms with Gasteiger partial charge in [-0.15, -0.1) is 0 Å². The highest BCUT2D eigenvalue weighted by Crippen LogP contribution is 2.41. The normalized spacial score (nSPS) is 27.3. The quantitative estimate of drug-likeness (QED) is 0.689. The largest absolute Gasteiger partial charge is 0.490 e. The Morgan fingerprint density at radius 3 is 2.62 bits per heavy atom. The van der Waals surface area contributed by atoms with Gasteiger partial charge in [0.2, 0.25) is 10.0 Å². The lowest BCUT2D eigenvalue weighted by atomic mass is 9.81. The zero-order chi connectivity index (χ0) is 21.3. The summed E-state index contributed by atoms with van der Waals surface area (Å²) in [5, 5.41) is 6.97. The molecule has 0 spiro atoms. The average Bonchev–Trinajstić information content (AvgIpc) is 3.10. The summed E-state index contributed by atoms with van der Waals surface area (Å²) in [7, 11) is -3.12. The molecule has 29 heavy (non-hydrogen) atoms. The molecule has 12 heteroatoms. The topological polar surface area (TPSA) is 109 Å². The maximum absolute atomic E-state index is 12.1. The van der Waals surface area contributed by atoms with Crippen molar-refractivity contribution in [2.24, 2.45) is 11.3 Å². The monoisotopic (exact) mass is 440 g/mol. The first-order valence-electron chi connectivity index (χ1n) is 9.12. The second kappa shape index (κ2) is 8.25. The first-order chi connectivity index (χ1) is 13.5. The predicted molar refractivity (Wildman–Crippen MR) is 94.4 cm³/mol. The average molecular weight is 440 g/mol. The Bertz CT molecular complexity index is 810. The molecule has 1 aliphatic carbocycles. The lowest BCUT2D eigenvalue weighted by Gasteiger charge is -2.27. The van der Waals surface area contributed by atoms with Crippen LogP contribution in [0.4, 0.5) is 13.2 Å². The van der Waals surface area contributed by atoms with Crippen LogP contribution in [-0.4, -0.2) is 68.7 Å². The van der Waals surface area contributed by atoms with Crippen LogP contribution in [0.25, 0.3) is 0 Å².